The van der Waals surface area contributed by atoms with Crippen LogP contribution in [0, 0.1) is 12.8 Å². The number of nitrogens with zero attached hydrogens (tertiary/aromatic N) is 1. The third-order valence-corrected chi connectivity index (χ3v) is 6.66. The van der Waals surface area contributed by atoms with Crippen LogP contribution in [-0.4, -0.2) is 49.7 Å². The van der Waals surface area contributed by atoms with Gasteiger partial charge < -0.3 is 9.84 Å². The number of aliphatic hydroxyl groups excluding tert-OH is 1. The van der Waals surface area contributed by atoms with Crippen LogP contribution in [0.3, 0.4) is 0 Å². The van der Waals surface area contributed by atoms with Crippen LogP contribution < -0.4 is 0 Å². The van der Waals surface area contributed by atoms with Gasteiger partial charge in [-0.1, -0.05) is 18.6 Å². The molecule has 0 bridgehead atoms. The molecule has 1 heterocycles. The minimum absolute atomic E-state index is 0.0279. The fraction of sp³-hybridized carbons (Fsp3) is 0.625. The van der Waals surface area contributed by atoms with E-state index >= 15 is 0 Å². The van der Waals surface area contributed by atoms with Crippen LogP contribution in [0.2, 0.25) is 0 Å². The number of morpholine rings is 1. The normalized spacial score (nSPS) is 30.5. The van der Waals surface area contributed by atoms with Gasteiger partial charge in [0.25, 0.3) is 0 Å². The maximum atomic E-state index is 13.0. The molecule has 5 nitrogen and oxygen atoms in total. The molecule has 1 N–H and O–H groups in total. The van der Waals surface area contributed by atoms with Crippen molar-refractivity contribution in [1.29, 1.82) is 0 Å². The van der Waals surface area contributed by atoms with E-state index in [-0.39, 0.29) is 12.0 Å². The van der Waals surface area contributed by atoms with Crippen LogP contribution in [0.15, 0.2) is 29.2 Å². The van der Waals surface area contributed by atoms with E-state index < -0.39 is 16.1 Å². The Bertz CT molecular complexity index is 631. The largest absolute Gasteiger partial charge is 0.393 e. The first-order valence-electron chi connectivity index (χ1n) is 7.84. The Hall–Kier alpha value is -0.950. The molecule has 0 spiro atoms. The number of ether oxygens (including phenoxy) is 1. The Balaban J connectivity index is 1.92. The molecular formula is C16H23NO4S. The zero-order valence-corrected chi connectivity index (χ0v) is 13.6. The number of aryl methyl sites for hydroxylation is 1. The summed E-state index contributed by atoms with van der Waals surface area (Å²) in [6.45, 7) is 3.01. The van der Waals surface area contributed by atoms with Crippen LogP contribution in [0.5, 0.6) is 0 Å². The third-order valence-electron chi connectivity index (χ3n) is 4.74. The lowest BCUT2D eigenvalue weighted by atomic mass is 9.96. The summed E-state index contributed by atoms with van der Waals surface area (Å²) in [7, 11) is -3.55. The molecule has 1 saturated heterocycles. The van der Waals surface area contributed by atoms with Gasteiger partial charge in [-0.15, -0.1) is 0 Å². The van der Waals surface area contributed by atoms with Crippen molar-refractivity contribution < 1.29 is 18.3 Å². The maximum absolute atomic E-state index is 13.0. The molecule has 6 heteroatoms. The van der Waals surface area contributed by atoms with Crippen molar-refractivity contribution in [3.63, 3.8) is 0 Å². The second-order valence-corrected chi connectivity index (χ2v) is 8.13. The summed E-state index contributed by atoms with van der Waals surface area (Å²) >= 11 is 0. The molecule has 1 saturated carbocycles. The summed E-state index contributed by atoms with van der Waals surface area (Å²) in [6.07, 6.45) is 2.12. The molecule has 2 aliphatic rings. The van der Waals surface area contributed by atoms with Gasteiger partial charge in [-0.25, -0.2) is 8.42 Å². The topological polar surface area (TPSA) is 66.8 Å². The van der Waals surface area contributed by atoms with Crippen molar-refractivity contribution in [2.75, 3.05) is 19.8 Å². The van der Waals surface area contributed by atoms with Crippen molar-refractivity contribution >= 4 is 10.0 Å². The van der Waals surface area contributed by atoms with Gasteiger partial charge in [0.1, 0.15) is 0 Å². The van der Waals surface area contributed by atoms with E-state index in [4.69, 9.17) is 4.74 Å². The second kappa shape index (κ2) is 6.28. The van der Waals surface area contributed by atoms with Crippen LogP contribution >= 0.6 is 0 Å². The zero-order chi connectivity index (χ0) is 15.7. The van der Waals surface area contributed by atoms with E-state index in [2.05, 4.69) is 0 Å². The van der Waals surface area contributed by atoms with Crippen molar-refractivity contribution in [3.05, 3.63) is 29.8 Å². The van der Waals surface area contributed by atoms with Gasteiger partial charge in [0.15, 0.2) is 0 Å². The summed E-state index contributed by atoms with van der Waals surface area (Å²) in [5.74, 6) is -0.0279. The van der Waals surface area contributed by atoms with Crippen LogP contribution in [-0.2, 0) is 14.8 Å². The van der Waals surface area contributed by atoms with Crippen molar-refractivity contribution in [2.45, 2.75) is 43.2 Å². The monoisotopic (exact) mass is 325 g/mol. The van der Waals surface area contributed by atoms with E-state index in [1.807, 2.05) is 13.0 Å². The summed E-state index contributed by atoms with van der Waals surface area (Å²) in [6, 6.07) is 6.72. The molecule has 1 aliphatic carbocycles. The molecular weight excluding hydrogens is 302 g/mol. The Labute approximate surface area is 131 Å². The number of hydrogen-bond acceptors (Lipinski definition) is 4. The van der Waals surface area contributed by atoms with Crippen LogP contribution in [0.25, 0.3) is 0 Å². The summed E-state index contributed by atoms with van der Waals surface area (Å²) in [4.78, 5) is 0.326. The lowest BCUT2D eigenvalue weighted by Gasteiger charge is -2.39. The SMILES string of the molecule is Cc1cccc(S(=O)(=O)N2CCOC[C@@H]2[C@@H]2CCC[C@H]2O)c1. The van der Waals surface area contributed by atoms with Crippen LogP contribution in [0.4, 0.5) is 0 Å². The van der Waals surface area contributed by atoms with Crippen LogP contribution in [0.1, 0.15) is 24.8 Å². The molecule has 1 aliphatic heterocycles. The smallest absolute Gasteiger partial charge is 0.243 e. The standard InChI is InChI=1S/C16H23NO4S/c1-12-4-2-5-13(10-12)22(19,20)17-8-9-21-11-15(17)14-6-3-7-16(14)18/h2,4-5,10,14-16,18H,3,6-9,11H2,1H3/t14-,15+,16+/m0/s1. The maximum Gasteiger partial charge on any atom is 0.243 e. The molecule has 0 aromatic heterocycles. The number of hydrogen-bond donors (Lipinski definition) is 1. The Kier molecular flexibility index (Phi) is 4.54. The summed E-state index contributed by atoms with van der Waals surface area (Å²) < 4.78 is 33.1. The van der Waals surface area contributed by atoms with Crippen molar-refractivity contribution in [2.24, 2.45) is 5.92 Å². The third kappa shape index (κ3) is 2.93. The van der Waals surface area contributed by atoms with E-state index in [1.165, 1.54) is 0 Å². The van der Waals surface area contributed by atoms with E-state index in [0.717, 1.165) is 24.8 Å². The van der Waals surface area contributed by atoms with Crippen molar-refractivity contribution in [1.82, 2.24) is 4.31 Å². The molecule has 3 atom stereocenters. The average Bonchev–Trinajstić information content (AvgIpc) is 2.93. The van der Waals surface area contributed by atoms with Crippen molar-refractivity contribution in [3.8, 4) is 0 Å². The van der Waals surface area contributed by atoms with Gasteiger partial charge in [0.2, 0.25) is 10.0 Å². The van der Waals surface area contributed by atoms with E-state index in [0.29, 0.717) is 24.7 Å². The number of aliphatic hydroxyl groups is 1. The zero-order valence-electron chi connectivity index (χ0n) is 12.8. The van der Waals surface area contributed by atoms with Gasteiger partial charge in [-0.05, 0) is 37.5 Å². The molecule has 1 aromatic carbocycles. The highest BCUT2D eigenvalue weighted by molar-refractivity contribution is 7.89. The molecule has 0 radical (unpaired) electrons. The summed E-state index contributed by atoms with van der Waals surface area (Å²) in [5, 5.41) is 10.2. The van der Waals surface area contributed by atoms with Gasteiger partial charge in [0.05, 0.1) is 30.3 Å². The van der Waals surface area contributed by atoms with Gasteiger partial charge in [-0.3, -0.25) is 0 Å². The van der Waals surface area contributed by atoms with Gasteiger partial charge >= 0.3 is 0 Å². The van der Waals surface area contributed by atoms with E-state index in [1.54, 1.807) is 22.5 Å². The number of rotatable bonds is 3. The van der Waals surface area contributed by atoms with E-state index in [9.17, 15) is 13.5 Å². The Morgan fingerprint density at radius 1 is 1.32 bits per heavy atom. The summed E-state index contributed by atoms with van der Waals surface area (Å²) in [5.41, 5.74) is 0.923. The lowest BCUT2D eigenvalue weighted by molar-refractivity contribution is -0.0148. The molecule has 1 aromatic rings. The Morgan fingerprint density at radius 3 is 2.82 bits per heavy atom. The molecule has 122 valence electrons. The second-order valence-electron chi connectivity index (χ2n) is 6.24. The average molecular weight is 325 g/mol. The molecule has 3 rings (SSSR count). The Morgan fingerprint density at radius 2 is 2.14 bits per heavy atom. The van der Waals surface area contributed by atoms with Gasteiger partial charge in [-0.2, -0.15) is 4.31 Å². The first-order chi connectivity index (χ1) is 10.5. The highest BCUT2D eigenvalue weighted by atomic mass is 32.2. The quantitative estimate of drug-likeness (QED) is 0.915. The first kappa shape index (κ1) is 15.9. The predicted octanol–water partition coefficient (Wildman–Crippen LogP) is 1.55. The molecule has 0 amide bonds. The lowest BCUT2D eigenvalue weighted by Crippen LogP contribution is -2.53. The highest BCUT2D eigenvalue weighted by Gasteiger charge is 2.42. The molecule has 0 unspecified atom stereocenters. The highest BCUT2D eigenvalue weighted by Crippen LogP contribution is 2.34. The predicted molar refractivity (Wildman–Crippen MR) is 83.0 cm³/mol. The molecule has 2 fully saturated rings. The minimum Gasteiger partial charge on any atom is -0.393 e. The fourth-order valence-corrected chi connectivity index (χ4v) is 5.32. The first-order valence-corrected chi connectivity index (χ1v) is 9.28. The number of benzene rings is 1. The molecule has 22 heavy (non-hydrogen) atoms. The van der Waals surface area contributed by atoms with Gasteiger partial charge in [0, 0.05) is 12.5 Å². The number of sulfonamides is 1. The fourth-order valence-electron chi connectivity index (χ4n) is 3.57. The minimum atomic E-state index is -3.55.